The molecule has 6 nitrogen and oxygen atoms in total. The first-order valence-electron chi connectivity index (χ1n) is 7.86. The zero-order valence-corrected chi connectivity index (χ0v) is 12.8. The minimum Gasteiger partial charge on any atom is -0.343 e. The van der Waals surface area contributed by atoms with Gasteiger partial charge in [0.25, 0.3) is 0 Å². The van der Waals surface area contributed by atoms with E-state index in [1.165, 1.54) is 6.42 Å². The number of likely N-dealkylation sites (tertiary alicyclic amines) is 1. The van der Waals surface area contributed by atoms with Crippen LogP contribution in [0.15, 0.2) is 49.2 Å². The number of nitrogens with one attached hydrogen (secondary N) is 1. The molecule has 0 unspecified atom stereocenters. The van der Waals surface area contributed by atoms with Crippen LogP contribution >= 0.6 is 0 Å². The maximum absolute atomic E-state index is 4.62. The highest BCUT2D eigenvalue weighted by Crippen LogP contribution is 2.31. The Morgan fingerprint density at radius 2 is 2.09 bits per heavy atom. The first kappa shape index (κ1) is 14.0. The van der Waals surface area contributed by atoms with Crippen molar-refractivity contribution in [3.63, 3.8) is 0 Å². The molecule has 4 heterocycles. The molecule has 0 aromatic carbocycles. The Balaban J connectivity index is 1.52. The van der Waals surface area contributed by atoms with Crippen LogP contribution in [0.25, 0.3) is 11.5 Å². The molecule has 4 rings (SSSR count). The van der Waals surface area contributed by atoms with Crippen molar-refractivity contribution in [2.24, 2.45) is 0 Å². The van der Waals surface area contributed by atoms with Crippen LogP contribution in [0.4, 0.5) is 0 Å². The topological polar surface area (TPSA) is 70.6 Å². The van der Waals surface area contributed by atoms with Gasteiger partial charge in [-0.1, -0.05) is 6.07 Å². The molecule has 6 heteroatoms. The molecule has 0 saturated carbocycles. The van der Waals surface area contributed by atoms with E-state index < -0.39 is 0 Å². The number of H-pyrrole nitrogens is 1. The van der Waals surface area contributed by atoms with Crippen molar-refractivity contribution in [2.75, 3.05) is 6.54 Å². The maximum atomic E-state index is 4.62. The van der Waals surface area contributed by atoms with E-state index >= 15 is 0 Å². The molecule has 0 bridgehead atoms. The van der Waals surface area contributed by atoms with Gasteiger partial charge in [0.05, 0.1) is 29.8 Å². The summed E-state index contributed by atoms with van der Waals surface area (Å²) in [5, 5.41) is 0. The lowest BCUT2D eigenvalue weighted by Gasteiger charge is -2.23. The number of nitrogens with zero attached hydrogens (tertiary/aromatic N) is 5. The fraction of sp³-hybridized carbons (Fsp3) is 0.294. The molecule has 1 saturated heterocycles. The van der Waals surface area contributed by atoms with E-state index in [2.05, 4.69) is 35.9 Å². The Morgan fingerprint density at radius 3 is 2.83 bits per heavy atom. The van der Waals surface area contributed by atoms with Crippen molar-refractivity contribution >= 4 is 0 Å². The molecule has 1 fully saturated rings. The molecule has 3 aromatic rings. The van der Waals surface area contributed by atoms with E-state index in [4.69, 9.17) is 0 Å². The Labute approximate surface area is 134 Å². The summed E-state index contributed by atoms with van der Waals surface area (Å²) < 4.78 is 0. The predicted molar refractivity (Wildman–Crippen MR) is 86.2 cm³/mol. The van der Waals surface area contributed by atoms with Crippen LogP contribution in [0.1, 0.15) is 30.3 Å². The van der Waals surface area contributed by atoms with Crippen molar-refractivity contribution in [3.8, 4) is 11.5 Å². The molecule has 0 spiro atoms. The van der Waals surface area contributed by atoms with Gasteiger partial charge in [-0.15, -0.1) is 0 Å². The van der Waals surface area contributed by atoms with Crippen molar-refractivity contribution in [3.05, 3.63) is 60.6 Å². The van der Waals surface area contributed by atoms with Gasteiger partial charge in [-0.2, -0.15) is 0 Å². The Bertz CT molecular complexity index is 739. The first-order chi connectivity index (χ1) is 11.4. The minimum absolute atomic E-state index is 0.315. The zero-order chi connectivity index (χ0) is 15.5. The van der Waals surface area contributed by atoms with Crippen LogP contribution in [0.3, 0.4) is 0 Å². The molecule has 23 heavy (non-hydrogen) atoms. The molecule has 1 N–H and O–H groups in total. The van der Waals surface area contributed by atoms with E-state index in [0.717, 1.165) is 42.4 Å². The van der Waals surface area contributed by atoms with Crippen molar-refractivity contribution in [1.82, 2.24) is 29.8 Å². The average molecular weight is 306 g/mol. The van der Waals surface area contributed by atoms with Gasteiger partial charge < -0.3 is 4.98 Å². The smallest absolute Gasteiger partial charge is 0.157 e. The van der Waals surface area contributed by atoms with Gasteiger partial charge in [-0.05, 0) is 31.5 Å². The van der Waals surface area contributed by atoms with Crippen LogP contribution in [0.5, 0.6) is 0 Å². The summed E-state index contributed by atoms with van der Waals surface area (Å²) in [5.41, 5.74) is 2.89. The summed E-state index contributed by atoms with van der Waals surface area (Å²) in [6.45, 7) is 1.93. The van der Waals surface area contributed by atoms with E-state index in [1.54, 1.807) is 18.6 Å². The second kappa shape index (κ2) is 6.26. The quantitative estimate of drug-likeness (QED) is 0.802. The first-order valence-corrected chi connectivity index (χ1v) is 7.86. The molecule has 1 aliphatic rings. The van der Waals surface area contributed by atoms with Gasteiger partial charge in [0.2, 0.25) is 0 Å². The van der Waals surface area contributed by atoms with Gasteiger partial charge in [0.15, 0.2) is 5.82 Å². The third-order valence-electron chi connectivity index (χ3n) is 4.21. The predicted octanol–water partition coefficient (Wildman–Crippen LogP) is 2.60. The summed E-state index contributed by atoms with van der Waals surface area (Å²) in [4.78, 5) is 23.2. The SMILES string of the molecule is c1ccc(CN2CCC[C@@H]2c2cnc(-c3ncc[nH]3)cn2)nc1. The van der Waals surface area contributed by atoms with Gasteiger partial charge >= 0.3 is 0 Å². The standard InChI is InChI=1S/C17H18N6/c1-2-6-18-13(4-1)12-23-9-3-5-16(23)14-10-22-15(11-21-14)17-19-7-8-20-17/h1-2,4,6-8,10-11,16H,3,5,9,12H2,(H,19,20)/t16-/m1/s1. The van der Waals surface area contributed by atoms with Gasteiger partial charge in [0, 0.05) is 25.1 Å². The Hall–Kier alpha value is -2.60. The van der Waals surface area contributed by atoms with Crippen molar-refractivity contribution < 1.29 is 0 Å². The monoisotopic (exact) mass is 306 g/mol. The third-order valence-corrected chi connectivity index (χ3v) is 4.21. The highest BCUT2D eigenvalue weighted by molar-refractivity contribution is 5.46. The van der Waals surface area contributed by atoms with Gasteiger partial charge in [-0.25, -0.2) is 9.97 Å². The maximum Gasteiger partial charge on any atom is 0.157 e. The van der Waals surface area contributed by atoms with Gasteiger partial charge in [-0.3, -0.25) is 14.9 Å². The largest absolute Gasteiger partial charge is 0.343 e. The number of hydrogen-bond acceptors (Lipinski definition) is 5. The number of pyridine rings is 1. The lowest BCUT2D eigenvalue weighted by molar-refractivity contribution is 0.241. The molecule has 3 aromatic heterocycles. The summed E-state index contributed by atoms with van der Waals surface area (Å²) in [5.74, 6) is 0.751. The number of rotatable bonds is 4. The van der Waals surface area contributed by atoms with E-state index in [0.29, 0.717) is 6.04 Å². The van der Waals surface area contributed by atoms with Crippen LogP contribution in [0.2, 0.25) is 0 Å². The lowest BCUT2D eigenvalue weighted by Crippen LogP contribution is -2.24. The average Bonchev–Trinajstić information content (AvgIpc) is 3.28. The fourth-order valence-corrected chi connectivity index (χ4v) is 3.09. The van der Waals surface area contributed by atoms with Crippen molar-refractivity contribution in [2.45, 2.75) is 25.4 Å². The second-order valence-electron chi connectivity index (χ2n) is 5.71. The number of imidazole rings is 1. The number of aromatic nitrogens is 5. The van der Waals surface area contributed by atoms with Crippen LogP contribution < -0.4 is 0 Å². The van der Waals surface area contributed by atoms with Crippen LogP contribution in [-0.4, -0.2) is 36.4 Å². The molecular formula is C17H18N6. The minimum atomic E-state index is 0.315. The van der Waals surface area contributed by atoms with E-state index in [9.17, 15) is 0 Å². The highest BCUT2D eigenvalue weighted by Gasteiger charge is 2.27. The zero-order valence-electron chi connectivity index (χ0n) is 12.8. The Kier molecular flexibility index (Phi) is 3.81. The summed E-state index contributed by atoms with van der Waals surface area (Å²) in [6.07, 6.45) is 11.3. The molecule has 116 valence electrons. The molecular weight excluding hydrogens is 288 g/mol. The number of aromatic amines is 1. The molecule has 0 aliphatic carbocycles. The van der Waals surface area contributed by atoms with Gasteiger partial charge in [0.1, 0.15) is 5.69 Å². The molecule has 1 aliphatic heterocycles. The summed E-state index contributed by atoms with van der Waals surface area (Å²) >= 11 is 0. The number of hydrogen-bond donors (Lipinski definition) is 1. The van der Waals surface area contributed by atoms with Crippen LogP contribution in [-0.2, 0) is 6.54 Å². The Morgan fingerprint density at radius 1 is 1.09 bits per heavy atom. The molecule has 1 atom stereocenters. The fourth-order valence-electron chi connectivity index (χ4n) is 3.09. The molecule has 0 radical (unpaired) electrons. The van der Waals surface area contributed by atoms with Crippen molar-refractivity contribution in [1.29, 1.82) is 0 Å². The summed E-state index contributed by atoms with van der Waals surface area (Å²) in [7, 11) is 0. The lowest BCUT2D eigenvalue weighted by atomic mass is 10.1. The third kappa shape index (κ3) is 2.98. The normalized spacial score (nSPS) is 18.3. The van der Waals surface area contributed by atoms with E-state index in [1.807, 2.05) is 24.5 Å². The molecule has 0 amide bonds. The van der Waals surface area contributed by atoms with E-state index in [-0.39, 0.29) is 0 Å². The second-order valence-corrected chi connectivity index (χ2v) is 5.71. The van der Waals surface area contributed by atoms with Crippen LogP contribution in [0, 0.1) is 0 Å². The summed E-state index contributed by atoms with van der Waals surface area (Å²) in [6, 6.07) is 6.37. The highest BCUT2D eigenvalue weighted by atomic mass is 15.2.